The van der Waals surface area contributed by atoms with Gasteiger partial charge in [-0.3, -0.25) is 9.59 Å². The van der Waals surface area contributed by atoms with Crippen LogP contribution in [0.2, 0.25) is 5.02 Å². The molecule has 0 unspecified atom stereocenters. The van der Waals surface area contributed by atoms with Gasteiger partial charge in [0.25, 0.3) is 5.91 Å². The molecule has 3 rings (SSSR count). The summed E-state index contributed by atoms with van der Waals surface area (Å²) < 4.78 is 27.2. The van der Waals surface area contributed by atoms with Gasteiger partial charge in [-0.05, 0) is 36.4 Å². The van der Waals surface area contributed by atoms with Crippen molar-refractivity contribution < 1.29 is 18.0 Å². The van der Waals surface area contributed by atoms with Crippen molar-refractivity contribution in [1.82, 2.24) is 9.21 Å². The first kappa shape index (κ1) is 20.3. The highest BCUT2D eigenvalue weighted by atomic mass is 35.5. The van der Waals surface area contributed by atoms with E-state index in [9.17, 15) is 18.0 Å². The van der Waals surface area contributed by atoms with Crippen molar-refractivity contribution in [3.8, 4) is 0 Å². The smallest absolute Gasteiger partial charge is 0.255 e. The quantitative estimate of drug-likeness (QED) is 0.821. The molecule has 0 bridgehead atoms. The first-order valence-electron chi connectivity index (χ1n) is 8.70. The maximum Gasteiger partial charge on any atom is 0.255 e. The second-order valence-electron chi connectivity index (χ2n) is 6.40. The van der Waals surface area contributed by atoms with E-state index in [2.05, 4.69) is 5.32 Å². The van der Waals surface area contributed by atoms with Gasteiger partial charge in [0, 0.05) is 49.4 Å². The number of hydrogen-bond donors (Lipinski definition) is 1. The molecule has 7 nitrogen and oxygen atoms in total. The topological polar surface area (TPSA) is 86.8 Å². The SMILES string of the molecule is CC(=O)N1CCN(S(=O)(=O)c2cccc(C(=O)Nc3cccc(Cl)c3)c2)CC1. The molecule has 2 aromatic rings. The van der Waals surface area contributed by atoms with Gasteiger partial charge in [-0.25, -0.2) is 8.42 Å². The van der Waals surface area contributed by atoms with Crippen LogP contribution in [-0.2, 0) is 14.8 Å². The van der Waals surface area contributed by atoms with Crippen molar-refractivity contribution in [2.75, 3.05) is 31.5 Å². The maximum atomic E-state index is 12.9. The van der Waals surface area contributed by atoms with Crippen molar-refractivity contribution in [2.45, 2.75) is 11.8 Å². The molecule has 1 aliphatic rings. The van der Waals surface area contributed by atoms with Gasteiger partial charge < -0.3 is 10.2 Å². The van der Waals surface area contributed by atoms with Crippen molar-refractivity contribution in [1.29, 1.82) is 0 Å². The molecule has 0 radical (unpaired) electrons. The number of hydrogen-bond acceptors (Lipinski definition) is 4. The Morgan fingerprint density at radius 2 is 1.68 bits per heavy atom. The number of carbonyl (C=O) groups excluding carboxylic acids is 2. The molecule has 2 amide bonds. The lowest BCUT2D eigenvalue weighted by Gasteiger charge is -2.33. The van der Waals surface area contributed by atoms with Crippen LogP contribution in [0.15, 0.2) is 53.4 Å². The average molecular weight is 422 g/mol. The molecule has 0 aliphatic carbocycles. The van der Waals surface area contributed by atoms with E-state index in [1.165, 1.54) is 29.4 Å². The number of nitrogens with one attached hydrogen (secondary N) is 1. The predicted octanol–water partition coefficient (Wildman–Crippen LogP) is 2.45. The van der Waals surface area contributed by atoms with Crippen LogP contribution in [0, 0.1) is 0 Å². The number of anilines is 1. The summed E-state index contributed by atoms with van der Waals surface area (Å²) in [5, 5.41) is 3.18. The zero-order chi connectivity index (χ0) is 20.3. The summed E-state index contributed by atoms with van der Waals surface area (Å²) in [4.78, 5) is 25.6. The van der Waals surface area contributed by atoms with E-state index in [0.717, 1.165) is 0 Å². The van der Waals surface area contributed by atoms with Gasteiger partial charge in [0.15, 0.2) is 0 Å². The molecule has 1 saturated heterocycles. The molecule has 1 aliphatic heterocycles. The lowest BCUT2D eigenvalue weighted by atomic mass is 10.2. The first-order chi connectivity index (χ1) is 13.3. The number of carbonyl (C=O) groups is 2. The van der Waals surface area contributed by atoms with Gasteiger partial charge in [0.2, 0.25) is 15.9 Å². The minimum Gasteiger partial charge on any atom is -0.340 e. The van der Waals surface area contributed by atoms with Crippen LogP contribution in [0.1, 0.15) is 17.3 Å². The van der Waals surface area contributed by atoms with Gasteiger partial charge in [0.05, 0.1) is 4.90 Å². The second-order valence-corrected chi connectivity index (χ2v) is 8.78. The Labute approximate surface area is 168 Å². The van der Waals surface area contributed by atoms with Crippen molar-refractivity contribution in [2.24, 2.45) is 0 Å². The number of rotatable bonds is 4. The summed E-state index contributed by atoms with van der Waals surface area (Å²) in [6, 6.07) is 12.6. The third-order valence-electron chi connectivity index (χ3n) is 4.50. The summed E-state index contributed by atoms with van der Waals surface area (Å²) in [6.45, 7) is 2.61. The summed E-state index contributed by atoms with van der Waals surface area (Å²) in [6.07, 6.45) is 0. The fraction of sp³-hybridized carbons (Fsp3) is 0.263. The molecule has 2 aromatic carbocycles. The molecule has 0 aromatic heterocycles. The maximum absolute atomic E-state index is 12.9. The molecule has 28 heavy (non-hydrogen) atoms. The molecular weight excluding hydrogens is 402 g/mol. The molecule has 1 heterocycles. The lowest BCUT2D eigenvalue weighted by Crippen LogP contribution is -2.49. The monoisotopic (exact) mass is 421 g/mol. The Balaban J connectivity index is 1.76. The molecule has 9 heteroatoms. The predicted molar refractivity (Wildman–Crippen MR) is 107 cm³/mol. The second kappa shape index (κ2) is 8.30. The van der Waals surface area contributed by atoms with Crippen LogP contribution in [0.3, 0.4) is 0 Å². The van der Waals surface area contributed by atoms with Crippen LogP contribution in [-0.4, -0.2) is 55.6 Å². The first-order valence-corrected chi connectivity index (χ1v) is 10.5. The average Bonchev–Trinajstić information content (AvgIpc) is 2.68. The zero-order valence-corrected chi connectivity index (χ0v) is 16.8. The van der Waals surface area contributed by atoms with Crippen LogP contribution in [0.25, 0.3) is 0 Å². The van der Waals surface area contributed by atoms with Gasteiger partial charge in [-0.2, -0.15) is 4.31 Å². The minimum atomic E-state index is -3.75. The van der Waals surface area contributed by atoms with Crippen molar-refractivity contribution >= 4 is 39.1 Å². The standard InChI is InChI=1S/C19H20ClN3O4S/c1-14(24)22-8-10-23(11-9-22)28(26,27)18-7-2-4-15(12-18)19(25)21-17-6-3-5-16(20)13-17/h2-7,12-13H,8-11H2,1H3,(H,21,25). The molecule has 1 fully saturated rings. The lowest BCUT2D eigenvalue weighted by molar-refractivity contribution is -0.129. The van der Waals surface area contributed by atoms with Crippen LogP contribution in [0.4, 0.5) is 5.69 Å². The fourth-order valence-electron chi connectivity index (χ4n) is 2.96. The molecule has 148 valence electrons. The number of benzene rings is 2. The van der Waals surface area contributed by atoms with Gasteiger partial charge in [-0.1, -0.05) is 23.7 Å². The Morgan fingerprint density at radius 1 is 1.00 bits per heavy atom. The summed E-state index contributed by atoms with van der Waals surface area (Å²) in [5.41, 5.74) is 0.745. The molecule has 0 spiro atoms. The van der Waals surface area contributed by atoms with E-state index in [1.54, 1.807) is 35.2 Å². The molecule has 0 saturated carbocycles. The largest absolute Gasteiger partial charge is 0.340 e. The van der Waals surface area contributed by atoms with E-state index in [1.807, 2.05) is 0 Å². The third-order valence-corrected chi connectivity index (χ3v) is 6.63. The Kier molecular flexibility index (Phi) is 6.02. The normalized spacial score (nSPS) is 15.3. The van der Waals surface area contributed by atoms with E-state index in [-0.39, 0.29) is 29.5 Å². The van der Waals surface area contributed by atoms with Crippen molar-refractivity contribution in [3.05, 3.63) is 59.1 Å². The number of halogens is 1. The number of amides is 2. The van der Waals surface area contributed by atoms with E-state index in [0.29, 0.717) is 23.8 Å². The van der Waals surface area contributed by atoms with Crippen LogP contribution in [0.5, 0.6) is 0 Å². The molecular formula is C19H20ClN3O4S. The Hall–Kier alpha value is -2.42. The minimum absolute atomic E-state index is 0.0440. The Morgan fingerprint density at radius 3 is 2.32 bits per heavy atom. The summed E-state index contributed by atoms with van der Waals surface area (Å²) in [7, 11) is -3.75. The van der Waals surface area contributed by atoms with Crippen LogP contribution < -0.4 is 5.32 Å². The van der Waals surface area contributed by atoms with E-state index < -0.39 is 15.9 Å². The van der Waals surface area contributed by atoms with Crippen LogP contribution >= 0.6 is 11.6 Å². The highest BCUT2D eigenvalue weighted by Crippen LogP contribution is 2.20. The highest BCUT2D eigenvalue weighted by Gasteiger charge is 2.29. The van der Waals surface area contributed by atoms with E-state index in [4.69, 9.17) is 11.6 Å². The van der Waals surface area contributed by atoms with Gasteiger partial charge >= 0.3 is 0 Å². The fourth-order valence-corrected chi connectivity index (χ4v) is 4.62. The zero-order valence-electron chi connectivity index (χ0n) is 15.3. The Bertz CT molecular complexity index is 1000. The number of nitrogens with zero attached hydrogens (tertiary/aromatic N) is 2. The molecule has 1 N–H and O–H groups in total. The number of sulfonamides is 1. The van der Waals surface area contributed by atoms with Gasteiger partial charge in [-0.15, -0.1) is 0 Å². The van der Waals surface area contributed by atoms with Gasteiger partial charge in [0.1, 0.15) is 0 Å². The van der Waals surface area contributed by atoms with E-state index >= 15 is 0 Å². The number of piperazine rings is 1. The van der Waals surface area contributed by atoms with Crippen molar-refractivity contribution in [3.63, 3.8) is 0 Å². The molecule has 0 atom stereocenters. The summed E-state index contributed by atoms with van der Waals surface area (Å²) >= 11 is 5.91. The highest BCUT2D eigenvalue weighted by molar-refractivity contribution is 7.89. The third kappa shape index (κ3) is 4.52. The summed E-state index contributed by atoms with van der Waals surface area (Å²) in [5.74, 6) is -0.502.